The molecule has 0 saturated carbocycles. The molecule has 2 heterocycles. The minimum absolute atomic E-state index is 0.803. The quantitative estimate of drug-likeness (QED) is 0.863. The molecular weight excluding hydrogens is 228 g/mol. The van der Waals surface area contributed by atoms with E-state index in [9.17, 15) is 0 Å². The van der Waals surface area contributed by atoms with Crippen LogP contribution in [0.4, 0.5) is 17.3 Å². The first kappa shape index (κ1) is 12.3. The molecule has 2 aromatic rings. The molecule has 0 amide bonds. The molecule has 0 fully saturated rings. The van der Waals surface area contributed by atoms with E-state index in [-0.39, 0.29) is 0 Å². The molecule has 18 heavy (non-hydrogen) atoms. The van der Waals surface area contributed by atoms with E-state index in [1.54, 1.807) is 11.0 Å². The monoisotopic (exact) mass is 246 g/mol. The third kappa shape index (κ3) is 2.42. The summed E-state index contributed by atoms with van der Waals surface area (Å²) in [6, 6.07) is 0. The number of aromatic nitrogens is 4. The number of hydrogen-bond acceptors (Lipinski definition) is 5. The van der Waals surface area contributed by atoms with E-state index >= 15 is 0 Å². The first-order valence-corrected chi connectivity index (χ1v) is 5.94. The zero-order chi connectivity index (χ0) is 13.1. The highest BCUT2D eigenvalue weighted by atomic mass is 15.3. The summed E-state index contributed by atoms with van der Waals surface area (Å²) in [5.41, 5.74) is 2.91. The van der Waals surface area contributed by atoms with Crippen LogP contribution in [-0.2, 0) is 7.05 Å². The zero-order valence-corrected chi connectivity index (χ0v) is 11.2. The fraction of sp³-hybridized carbons (Fsp3) is 0.417. The van der Waals surface area contributed by atoms with Crippen molar-refractivity contribution in [2.45, 2.75) is 20.8 Å². The summed E-state index contributed by atoms with van der Waals surface area (Å²) in [4.78, 5) is 8.48. The predicted molar refractivity (Wildman–Crippen MR) is 72.2 cm³/mol. The van der Waals surface area contributed by atoms with Crippen molar-refractivity contribution in [3.05, 3.63) is 23.8 Å². The van der Waals surface area contributed by atoms with Crippen molar-refractivity contribution >= 4 is 17.3 Å². The lowest BCUT2D eigenvalue weighted by Gasteiger charge is -2.11. The van der Waals surface area contributed by atoms with Gasteiger partial charge in [0.2, 0.25) is 0 Å². The third-order valence-corrected chi connectivity index (χ3v) is 2.69. The van der Waals surface area contributed by atoms with Crippen molar-refractivity contribution in [1.82, 2.24) is 19.7 Å². The highest BCUT2D eigenvalue weighted by Gasteiger charge is 2.09. The Hall–Kier alpha value is -2.11. The van der Waals surface area contributed by atoms with Crippen LogP contribution in [0.1, 0.15) is 18.2 Å². The van der Waals surface area contributed by atoms with Gasteiger partial charge >= 0.3 is 0 Å². The largest absolute Gasteiger partial charge is 0.370 e. The molecule has 0 aromatic carbocycles. The van der Waals surface area contributed by atoms with Gasteiger partial charge in [0.15, 0.2) is 0 Å². The SMILES string of the molecule is CCNc1ncnc(Nc2cn(C)nc2C)c1C. The lowest BCUT2D eigenvalue weighted by molar-refractivity contribution is 0.756. The number of anilines is 3. The number of rotatable bonds is 4. The predicted octanol–water partition coefficient (Wildman–Crippen LogP) is 2.00. The van der Waals surface area contributed by atoms with Gasteiger partial charge in [-0.3, -0.25) is 4.68 Å². The second-order valence-corrected chi connectivity index (χ2v) is 4.15. The summed E-state index contributed by atoms with van der Waals surface area (Å²) in [5.74, 6) is 1.66. The summed E-state index contributed by atoms with van der Waals surface area (Å²) in [7, 11) is 1.90. The molecule has 0 bridgehead atoms. The summed E-state index contributed by atoms with van der Waals surface area (Å²) in [6.07, 6.45) is 3.49. The highest BCUT2D eigenvalue weighted by molar-refractivity contribution is 5.65. The Bertz CT molecular complexity index is 545. The maximum atomic E-state index is 4.29. The van der Waals surface area contributed by atoms with Gasteiger partial charge in [0.1, 0.15) is 18.0 Å². The summed E-state index contributed by atoms with van der Waals surface area (Å²) in [6.45, 7) is 6.83. The smallest absolute Gasteiger partial charge is 0.138 e. The number of nitrogens with one attached hydrogen (secondary N) is 2. The molecule has 0 aliphatic rings. The van der Waals surface area contributed by atoms with Crippen LogP contribution in [0, 0.1) is 13.8 Å². The first-order valence-electron chi connectivity index (χ1n) is 5.94. The Labute approximate surface area is 106 Å². The van der Waals surface area contributed by atoms with E-state index in [0.717, 1.165) is 35.1 Å². The molecule has 6 heteroatoms. The van der Waals surface area contributed by atoms with Gasteiger partial charge in [-0.25, -0.2) is 9.97 Å². The van der Waals surface area contributed by atoms with Crippen molar-refractivity contribution in [1.29, 1.82) is 0 Å². The lowest BCUT2D eigenvalue weighted by Crippen LogP contribution is -2.05. The normalized spacial score (nSPS) is 10.4. The molecule has 0 spiro atoms. The Balaban J connectivity index is 2.29. The van der Waals surface area contributed by atoms with Crippen molar-refractivity contribution in [3.63, 3.8) is 0 Å². The van der Waals surface area contributed by atoms with E-state index in [0.29, 0.717) is 0 Å². The minimum atomic E-state index is 0.803. The van der Waals surface area contributed by atoms with E-state index in [4.69, 9.17) is 0 Å². The minimum Gasteiger partial charge on any atom is -0.370 e. The summed E-state index contributed by atoms with van der Waals surface area (Å²) >= 11 is 0. The van der Waals surface area contributed by atoms with E-state index in [1.807, 2.05) is 34.0 Å². The maximum absolute atomic E-state index is 4.29. The van der Waals surface area contributed by atoms with Crippen molar-refractivity contribution < 1.29 is 0 Å². The molecule has 0 saturated heterocycles. The van der Waals surface area contributed by atoms with Gasteiger partial charge in [0.25, 0.3) is 0 Å². The summed E-state index contributed by atoms with van der Waals surface area (Å²) < 4.78 is 1.78. The van der Waals surface area contributed by atoms with Gasteiger partial charge in [-0.05, 0) is 20.8 Å². The fourth-order valence-electron chi connectivity index (χ4n) is 1.77. The van der Waals surface area contributed by atoms with Gasteiger partial charge in [0.05, 0.1) is 11.4 Å². The standard InChI is InChI=1S/C12H18N6/c1-5-13-11-8(2)12(15-7-14-11)16-10-6-18(4)17-9(10)3/h6-7H,5H2,1-4H3,(H2,13,14,15,16). The van der Waals surface area contributed by atoms with Crippen LogP contribution in [0.5, 0.6) is 0 Å². The van der Waals surface area contributed by atoms with E-state index in [1.165, 1.54) is 0 Å². The van der Waals surface area contributed by atoms with Crippen LogP contribution >= 0.6 is 0 Å². The van der Waals surface area contributed by atoms with Crippen molar-refractivity contribution in [3.8, 4) is 0 Å². The van der Waals surface area contributed by atoms with Crippen LogP contribution in [0.2, 0.25) is 0 Å². The van der Waals surface area contributed by atoms with Gasteiger partial charge in [-0.2, -0.15) is 5.10 Å². The Morgan fingerprint density at radius 2 is 1.94 bits per heavy atom. The molecule has 0 radical (unpaired) electrons. The van der Waals surface area contributed by atoms with Gasteiger partial charge in [0, 0.05) is 25.4 Å². The molecule has 2 rings (SSSR count). The number of aryl methyl sites for hydroxylation is 2. The zero-order valence-electron chi connectivity index (χ0n) is 11.2. The maximum Gasteiger partial charge on any atom is 0.138 e. The summed E-state index contributed by atoms with van der Waals surface area (Å²) in [5, 5.41) is 10.8. The molecule has 6 nitrogen and oxygen atoms in total. The van der Waals surface area contributed by atoms with Crippen LogP contribution in [-0.4, -0.2) is 26.3 Å². The van der Waals surface area contributed by atoms with Crippen molar-refractivity contribution in [2.75, 3.05) is 17.2 Å². The molecular formula is C12H18N6. The first-order chi connectivity index (χ1) is 8.61. The number of nitrogens with zero attached hydrogens (tertiary/aromatic N) is 4. The lowest BCUT2D eigenvalue weighted by atomic mass is 10.3. The van der Waals surface area contributed by atoms with Gasteiger partial charge in [-0.15, -0.1) is 0 Å². The van der Waals surface area contributed by atoms with E-state index < -0.39 is 0 Å². The molecule has 0 aliphatic carbocycles. The molecule has 96 valence electrons. The van der Waals surface area contributed by atoms with Crippen LogP contribution in [0.15, 0.2) is 12.5 Å². The second kappa shape index (κ2) is 5.03. The molecule has 0 aliphatic heterocycles. The molecule has 0 unspecified atom stereocenters. The Kier molecular flexibility index (Phi) is 3.45. The molecule has 2 aromatic heterocycles. The fourth-order valence-corrected chi connectivity index (χ4v) is 1.77. The van der Waals surface area contributed by atoms with Crippen LogP contribution < -0.4 is 10.6 Å². The average Bonchev–Trinajstić information content (AvgIpc) is 2.63. The van der Waals surface area contributed by atoms with Gasteiger partial charge < -0.3 is 10.6 Å². The Morgan fingerprint density at radius 3 is 2.56 bits per heavy atom. The average molecular weight is 246 g/mol. The van der Waals surface area contributed by atoms with Crippen LogP contribution in [0.3, 0.4) is 0 Å². The molecule has 2 N–H and O–H groups in total. The number of hydrogen-bond donors (Lipinski definition) is 2. The highest BCUT2D eigenvalue weighted by Crippen LogP contribution is 2.23. The Morgan fingerprint density at radius 1 is 1.22 bits per heavy atom. The van der Waals surface area contributed by atoms with Gasteiger partial charge in [-0.1, -0.05) is 0 Å². The van der Waals surface area contributed by atoms with E-state index in [2.05, 4.69) is 25.7 Å². The second-order valence-electron chi connectivity index (χ2n) is 4.15. The molecule has 0 atom stereocenters. The topological polar surface area (TPSA) is 67.7 Å². The van der Waals surface area contributed by atoms with Crippen molar-refractivity contribution in [2.24, 2.45) is 7.05 Å². The third-order valence-electron chi connectivity index (χ3n) is 2.69. The van der Waals surface area contributed by atoms with Crippen LogP contribution in [0.25, 0.3) is 0 Å².